The van der Waals surface area contributed by atoms with E-state index >= 15 is 0 Å². The molecule has 1 amide bonds. The molecule has 2 aromatic rings. The third-order valence-electron chi connectivity index (χ3n) is 6.20. The standard InChI is InChI=1S/C26H30N2O7S/c1-19(26(30)28-13-5-7-21-6-3-4-8-22(21)28)35-25(29)12-10-20-9-11-23(33-2)24(18-20)36(31,32)27-14-16-34-17-15-27/h3-4,6,8-12,18-19H,5,7,13-17H2,1-2H3/b12-10+/t19-/m0/s1. The molecule has 0 unspecified atom stereocenters. The molecule has 0 saturated carbocycles. The lowest BCUT2D eigenvalue weighted by atomic mass is 10.0. The van der Waals surface area contributed by atoms with Crippen molar-refractivity contribution in [2.45, 2.75) is 30.8 Å². The Morgan fingerprint density at radius 2 is 1.83 bits per heavy atom. The number of benzene rings is 2. The molecule has 0 bridgehead atoms. The second kappa shape index (κ2) is 11.2. The number of nitrogens with zero attached hydrogens (tertiary/aromatic N) is 2. The highest BCUT2D eigenvalue weighted by Gasteiger charge is 2.30. The summed E-state index contributed by atoms with van der Waals surface area (Å²) in [5.41, 5.74) is 2.42. The molecule has 0 radical (unpaired) electrons. The first-order valence-electron chi connectivity index (χ1n) is 11.8. The number of carbonyl (C=O) groups is 2. The Bertz CT molecular complexity index is 1250. The number of ether oxygens (including phenoxy) is 3. The molecule has 1 atom stereocenters. The molecule has 0 spiro atoms. The summed E-state index contributed by atoms with van der Waals surface area (Å²) in [6, 6.07) is 12.3. The van der Waals surface area contributed by atoms with E-state index < -0.39 is 22.1 Å². The summed E-state index contributed by atoms with van der Waals surface area (Å²) in [6.45, 7) is 3.28. The highest BCUT2D eigenvalue weighted by atomic mass is 32.2. The Morgan fingerprint density at radius 1 is 1.08 bits per heavy atom. The second-order valence-corrected chi connectivity index (χ2v) is 10.5. The predicted molar refractivity (Wildman–Crippen MR) is 134 cm³/mol. The third-order valence-corrected chi connectivity index (χ3v) is 8.12. The van der Waals surface area contributed by atoms with Crippen LogP contribution < -0.4 is 9.64 Å². The quantitative estimate of drug-likeness (QED) is 0.413. The number of morpholine rings is 1. The van der Waals surface area contributed by atoms with E-state index in [0.717, 1.165) is 24.1 Å². The highest BCUT2D eigenvalue weighted by Crippen LogP contribution is 2.29. The van der Waals surface area contributed by atoms with Gasteiger partial charge in [0.05, 0.1) is 20.3 Å². The van der Waals surface area contributed by atoms with E-state index in [9.17, 15) is 18.0 Å². The van der Waals surface area contributed by atoms with Gasteiger partial charge < -0.3 is 19.1 Å². The summed E-state index contributed by atoms with van der Waals surface area (Å²) in [4.78, 5) is 27.1. The second-order valence-electron chi connectivity index (χ2n) is 8.56. The summed E-state index contributed by atoms with van der Waals surface area (Å²) in [6.07, 6.45) is 3.41. The van der Waals surface area contributed by atoms with Gasteiger partial charge in [0, 0.05) is 31.4 Å². The Kier molecular flexibility index (Phi) is 8.07. The lowest BCUT2D eigenvalue weighted by Crippen LogP contribution is -2.42. The van der Waals surface area contributed by atoms with Gasteiger partial charge in [0.2, 0.25) is 10.0 Å². The van der Waals surface area contributed by atoms with E-state index in [0.29, 0.717) is 25.3 Å². The molecular weight excluding hydrogens is 484 g/mol. The Morgan fingerprint density at radius 3 is 2.58 bits per heavy atom. The van der Waals surface area contributed by atoms with Crippen molar-refractivity contribution >= 4 is 33.7 Å². The molecule has 4 rings (SSSR count). The normalized spacial score (nSPS) is 17.4. The van der Waals surface area contributed by atoms with Gasteiger partial charge in [-0.1, -0.05) is 24.3 Å². The lowest BCUT2D eigenvalue weighted by molar-refractivity contribution is -0.149. The first-order chi connectivity index (χ1) is 17.3. The maximum absolute atomic E-state index is 13.1. The van der Waals surface area contributed by atoms with Crippen molar-refractivity contribution in [2.75, 3.05) is 44.9 Å². The van der Waals surface area contributed by atoms with Crippen LogP contribution in [-0.2, 0) is 35.5 Å². The highest BCUT2D eigenvalue weighted by molar-refractivity contribution is 7.89. The number of methoxy groups -OCH3 is 1. The Labute approximate surface area is 211 Å². The SMILES string of the molecule is COc1ccc(/C=C/C(=O)O[C@@H](C)C(=O)N2CCCc3ccccc32)cc1S(=O)(=O)N1CCOCC1. The fourth-order valence-electron chi connectivity index (χ4n) is 4.33. The number of anilines is 1. The van der Waals surface area contributed by atoms with Gasteiger partial charge in [-0.3, -0.25) is 4.79 Å². The molecule has 192 valence electrons. The molecule has 0 aromatic heterocycles. The summed E-state index contributed by atoms with van der Waals surface area (Å²) in [5, 5.41) is 0. The smallest absolute Gasteiger partial charge is 0.331 e. The molecule has 2 aromatic carbocycles. The van der Waals surface area contributed by atoms with E-state index in [1.807, 2.05) is 24.3 Å². The molecule has 1 fully saturated rings. The molecule has 1 saturated heterocycles. The van der Waals surface area contributed by atoms with Crippen LogP contribution in [0.25, 0.3) is 6.08 Å². The van der Waals surface area contributed by atoms with E-state index in [1.165, 1.54) is 35.7 Å². The van der Waals surface area contributed by atoms with Gasteiger partial charge in [-0.2, -0.15) is 4.31 Å². The monoisotopic (exact) mass is 514 g/mol. The molecular formula is C26H30N2O7S. The predicted octanol–water partition coefficient (Wildman–Crippen LogP) is 2.64. The molecule has 0 N–H and O–H groups in total. The van der Waals surface area contributed by atoms with Gasteiger partial charge in [-0.05, 0) is 55.2 Å². The maximum atomic E-state index is 13.1. The van der Waals surface area contributed by atoms with Gasteiger partial charge in [-0.15, -0.1) is 0 Å². The average Bonchev–Trinajstić information content (AvgIpc) is 2.91. The molecule has 2 heterocycles. The fraction of sp³-hybridized carbons (Fsp3) is 0.385. The number of rotatable bonds is 7. The van der Waals surface area contributed by atoms with Crippen molar-refractivity contribution in [3.05, 3.63) is 59.7 Å². The summed E-state index contributed by atoms with van der Waals surface area (Å²) in [7, 11) is -2.40. The van der Waals surface area contributed by atoms with E-state index in [2.05, 4.69) is 0 Å². The molecule has 2 aliphatic rings. The van der Waals surface area contributed by atoms with Crippen LogP contribution in [0, 0.1) is 0 Å². The first-order valence-corrected chi connectivity index (χ1v) is 13.3. The van der Waals surface area contributed by atoms with Crippen molar-refractivity contribution in [2.24, 2.45) is 0 Å². The van der Waals surface area contributed by atoms with Gasteiger partial charge >= 0.3 is 5.97 Å². The van der Waals surface area contributed by atoms with Crippen molar-refractivity contribution < 1.29 is 32.2 Å². The van der Waals surface area contributed by atoms with Crippen LogP contribution in [0.15, 0.2) is 53.4 Å². The summed E-state index contributed by atoms with van der Waals surface area (Å²) >= 11 is 0. The summed E-state index contributed by atoms with van der Waals surface area (Å²) in [5.74, 6) is -0.774. The summed E-state index contributed by atoms with van der Waals surface area (Å²) < 4.78 is 43.5. The van der Waals surface area contributed by atoms with Crippen LogP contribution in [0.5, 0.6) is 5.75 Å². The largest absolute Gasteiger partial charge is 0.495 e. The number of fused-ring (bicyclic) bond motifs is 1. The molecule has 9 nitrogen and oxygen atoms in total. The molecule has 0 aliphatic carbocycles. The van der Waals surface area contributed by atoms with Crippen LogP contribution in [0.3, 0.4) is 0 Å². The van der Waals surface area contributed by atoms with Crippen LogP contribution in [-0.4, -0.2) is 70.7 Å². The molecule has 2 aliphatic heterocycles. The number of esters is 1. The van der Waals surface area contributed by atoms with Crippen LogP contribution in [0.4, 0.5) is 5.69 Å². The fourth-order valence-corrected chi connectivity index (χ4v) is 5.93. The zero-order valence-corrected chi connectivity index (χ0v) is 21.2. The average molecular weight is 515 g/mol. The number of aryl methyl sites for hydroxylation is 1. The number of carbonyl (C=O) groups excluding carboxylic acids is 2. The topological polar surface area (TPSA) is 102 Å². The molecule has 36 heavy (non-hydrogen) atoms. The van der Waals surface area contributed by atoms with Gasteiger partial charge in [0.25, 0.3) is 5.91 Å². The minimum Gasteiger partial charge on any atom is -0.495 e. The number of sulfonamides is 1. The first kappa shape index (κ1) is 25.9. The lowest BCUT2D eigenvalue weighted by Gasteiger charge is -2.31. The van der Waals surface area contributed by atoms with E-state index in [4.69, 9.17) is 14.2 Å². The van der Waals surface area contributed by atoms with Gasteiger partial charge in [0.1, 0.15) is 10.6 Å². The number of hydrogen-bond donors (Lipinski definition) is 0. The Hall–Kier alpha value is -3.21. The molecule has 10 heteroatoms. The van der Waals surface area contributed by atoms with E-state index in [1.54, 1.807) is 17.9 Å². The van der Waals surface area contributed by atoms with Crippen LogP contribution in [0.2, 0.25) is 0 Å². The number of hydrogen-bond acceptors (Lipinski definition) is 7. The van der Waals surface area contributed by atoms with Crippen LogP contribution in [0.1, 0.15) is 24.5 Å². The third kappa shape index (κ3) is 5.61. The maximum Gasteiger partial charge on any atom is 0.331 e. The van der Waals surface area contributed by atoms with Gasteiger partial charge in [0.15, 0.2) is 6.10 Å². The van der Waals surface area contributed by atoms with E-state index in [-0.39, 0.29) is 29.6 Å². The zero-order chi connectivity index (χ0) is 25.7. The zero-order valence-electron chi connectivity index (χ0n) is 20.4. The van der Waals surface area contributed by atoms with Crippen molar-refractivity contribution in [3.8, 4) is 5.75 Å². The van der Waals surface area contributed by atoms with Crippen molar-refractivity contribution in [3.63, 3.8) is 0 Å². The van der Waals surface area contributed by atoms with Crippen molar-refractivity contribution in [1.82, 2.24) is 4.31 Å². The van der Waals surface area contributed by atoms with Crippen LogP contribution >= 0.6 is 0 Å². The number of amides is 1. The minimum absolute atomic E-state index is 0.00901. The van der Waals surface area contributed by atoms with Gasteiger partial charge in [-0.25, -0.2) is 13.2 Å². The Balaban J connectivity index is 1.45. The number of para-hydroxylation sites is 1. The minimum atomic E-state index is -3.80. The van der Waals surface area contributed by atoms with Crippen molar-refractivity contribution in [1.29, 1.82) is 0 Å².